The maximum absolute atomic E-state index is 11.6. The first-order chi connectivity index (χ1) is 11.6. The molecule has 6 heteroatoms. The van der Waals surface area contributed by atoms with Gasteiger partial charge < -0.3 is 19.3 Å². The van der Waals surface area contributed by atoms with Crippen molar-refractivity contribution in [3.63, 3.8) is 0 Å². The maximum atomic E-state index is 11.6. The molecule has 0 aromatic heterocycles. The van der Waals surface area contributed by atoms with Crippen LogP contribution in [0.1, 0.15) is 78.1 Å². The molecule has 0 spiro atoms. The Morgan fingerprint density at radius 3 is 2.00 bits per heavy atom. The van der Waals surface area contributed by atoms with E-state index in [1.165, 1.54) is 0 Å². The zero-order valence-electron chi connectivity index (χ0n) is 15.3. The lowest BCUT2D eigenvalue weighted by Crippen LogP contribution is -2.17. The molecule has 24 heavy (non-hydrogen) atoms. The molecule has 0 aliphatic carbocycles. The molecule has 0 saturated carbocycles. The topological polar surface area (TPSA) is 82.1 Å². The summed E-state index contributed by atoms with van der Waals surface area (Å²) in [6.45, 7) is 5.61. The number of unbranched alkanes of at least 4 members (excludes halogenated alkanes) is 5. The molecule has 1 N–H and O–H groups in total. The molecular formula is C18H34O6. The van der Waals surface area contributed by atoms with Gasteiger partial charge >= 0.3 is 11.9 Å². The molecule has 0 saturated heterocycles. The number of carboxylic acids is 1. The summed E-state index contributed by atoms with van der Waals surface area (Å²) in [6, 6.07) is 0. The first-order valence-corrected chi connectivity index (χ1v) is 9.20. The van der Waals surface area contributed by atoms with E-state index in [1.54, 1.807) is 0 Å². The van der Waals surface area contributed by atoms with Crippen LogP contribution in [0.5, 0.6) is 0 Å². The van der Waals surface area contributed by atoms with Gasteiger partial charge in [-0.25, -0.2) is 0 Å². The monoisotopic (exact) mass is 346 g/mol. The Morgan fingerprint density at radius 1 is 0.833 bits per heavy atom. The summed E-state index contributed by atoms with van der Waals surface area (Å²) < 4.78 is 16.1. The van der Waals surface area contributed by atoms with Crippen molar-refractivity contribution in [3.05, 3.63) is 0 Å². The highest BCUT2D eigenvalue weighted by Gasteiger charge is 2.08. The Morgan fingerprint density at radius 2 is 1.42 bits per heavy atom. The molecule has 0 radical (unpaired) electrons. The van der Waals surface area contributed by atoms with E-state index in [0.717, 1.165) is 44.9 Å². The minimum Gasteiger partial charge on any atom is -0.481 e. The van der Waals surface area contributed by atoms with Crippen LogP contribution in [0, 0.1) is 0 Å². The summed E-state index contributed by atoms with van der Waals surface area (Å²) in [5.41, 5.74) is 0. The molecule has 0 rings (SSSR count). The van der Waals surface area contributed by atoms with E-state index >= 15 is 0 Å². The second-order valence-corrected chi connectivity index (χ2v) is 5.72. The second-order valence-electron chi connectivity index (χ2n) is 5.72. The number of carboxylic acid groups (broad SMARTS) is 1. The largest absolute Gasteiger partial charge is 0.481 e. The van der Waals surface area contributed by atoms with Crippen LogP contribution < -0.4 is 0 Å². The van der Waals surface area contributed by atoms with Crippen molar-refractivity contribution >= 4 is 11.9 Å². The average molecular weight is 346 g/mol. The van der Waals surface area contributed by atoms with Crippen LogP contribution in [0.15, 0.2) is 0 Å². The molecule has 0 aromatic carbocycles. The third-order valence-electron chi connectivity index (χ3n) is 3.57. The number of hydrogen-bond acceptors (Lipinski definition) is 5. The van der Waals surface area contributed by atoms with Gasteiger partial charge in [-0.1, -0.05) is 19.3 Å². The third kappa shape index (κ3) is 15.7. The van der Waals surface area contributed by atoms with Crippen molar-refractivity contribution in [2.45, 2.75) is 84.3 Å². The fourth-order valence-corrected chi connectivity index (χ4v) is 2.33. The Hall–Kier alpha value is -1.14. The van der Waals surface area contributed by atoms with Gasteiger partial charge in [0.25, 0.3) is 0 Å². The van der Waals surface area contributed by atoms with E-state index in [2.05, 4.69) is 0 Å². The molecule has 0 aliphatic rings. The van der Waals surface area contributed by atoms with Crippen molar-refractivity contribution in [1.82, 2.24) is 0 Å². The highest BCUT2D eigenvalue weighted by molar-refractivity contribution is 5.69. The minimum atomic E-state index is -0.743. The van der Waals surface area contributed by atoms with Gasteiger partial charge in [0.15, 0.2) is 6.29 Å². The van der Waals surface area contributed by atoms with Crippen molar-refractivity contribution in [3.8, 4) is 0 Å². The number of hydrogen-bond donors (Lipinski definition) is 1. The van der Waals surface area contributed by atoms with Gasteiger partial charge in [-0.05, 0) is 46.0 Å². The zero-order valence-corrected chi connectivity index (χ0v) is 15.3. The summed E-state index contributed by atoms with van der Waals surface area (Å²) in [5.74, 6) is -0.890. The maximum Gasteiger partial charge on any atom is 0.305 e. The highest BCUT2D eigenvalue weighted by Crippen LogP contribution is 2.09. The number of carbonyl (C=O) groups excluding carboxylic acids is 1. The summed E-state index contributed by atoms with van der Waals surface area (Å²) in [6.07, 6.45) is 7.39. The van der Waals surface area contributed by atoms with Gasteiger partial charge in [0, 0.05) is 26.1 Å². The second kappa shape index (κ2) is 16.7. The van der Waals surface area contributed by atoms with E-state index in [1.807, 2.05) is 13.8 Å². The lowest BCUT2D eigenvalue weighted by atomic mass is 10.1. The van der Waals surface area contributed by atoms with Crippen LogP contribution in [0.4, 0.5) is 0 Å². The number of ether oxygens (including phenoxy) is 3. The molecular weight excluding hydrogens is 312 g/mol. The van der Waals surface area contributed by atoms with Crippen molar-refractivity contribution < 1.29 is 28.9 Å². The summed E-state index contributed by atoms with van der Waals surface area (Å²) >= 11 is 0. The van der Waals surface area contributed by atoms with Gasteiger partial charge in [-0.2, -0.15) is 0 Å². The van der Waals surface area contributed by atoms with Crippen LogP contribution >= 0.6 is 0 Å². The van der Waals surface area contributed by atoms with Crippen LogP contribution in [-0.2, 0) is 23.8 Å². The van der Waals surface area contributed by atoms with Gasteiger partial charge in [-0.15, -0.1) is 0 Å². The minimum absolute atomic E-state index is 0.147. The van der Waals surface area contributed by atoms with Gasteiger partial charge in [-0.3, -0.25) is 9.59 Å². The summed E-state index contributed by atoms with van der Waals surface area (Å²) in [4.78, 5) is 21.9. The smallest absolute Gasteiger partial charge is 0.305 e. The molecule has 0 fully saturated rings. The third-order valence-corrected chi connectivity index (χ3v) is 3.57. The van der Waals surface area contributed by atoms with Crippen LogP contribution in [-0.4, -0.2) is 43.2 Å². The molecule has 0 bridgehead atoms. The Labute approximate surface area is 145 Å². The zero-order chi connectivity index (χ0) is 18.0. The van der Waals surface area contributed by atoms with E-state index in [4.69, 9.17) is 19.3 Å². The SMILES string of the molecule is CCOC(CCCCOC(=O)CCCCCCCC(=O)O)OCC. The molecule has 0 amide bonds. The van der Waals surface area contributed by atoms with Crippen molar-refractivity contribution in [2.75, 3.05) is 19.8 Å². The molecule has 0 unspecified atom stereocenters. The molecule has 0 atom stereocenters. The Kier molecular flexibility index (Phi) is 15.9. The number of rotatable bonds is 17. The lowest BCUT2D eigenvalue weighted by Gasteiger charge is -2.16. The lowest BCUT2D eigenvalue weighted by molar-refractivity contribution is -0.145. The van der Waals surface area contributed by atoms with Crippen molar-refractivity contribution in [2.24, 2.45) is 0 Å². The van der Waals surface area contributed by atoms with E-state index in [0.29, 0.717) is 32.7 Å². The number of aliphatic carboxylic acids is 1. The summed E-state index contributed by atoms with van der Waals surface area (Å²) in [5, 5.41) is 8.52. The first-order valence-electron chi connectivity index (χ1n) is 9.20. The van der Waals surface area contributed by atoms with Gasteiger partial charge in [0.1, 0.15) is 0 Å². The molecule has 0 aliphatic heterocycles. The molecule has 142 valence electrons. The number of carbonyl (C=O) groups is 2. The normalized spacial score (nSPS) is 11.0. The quantitative estimate of drug-likeness (QED) is 0.244. The van der Waals surface area contributed by atoms with Crippen molar-refractivity contribution in [1.29, 1.82) is 0 Å². The van der Waals surface area contributed by atoms with E-state index in [-0.39, 0.29) is 18.7 Å². The van der Waals surface area contributed by atoms with Gasteiger partial charge in [0.05, 0.1) is 6.61 Å². The standard InChI is InChI=1S/C18H34O6/c1-3-22-18(23-4-2)14-10-11-15-24-17(21)13-9-7-5-6-8-12-16(19)20/h18H,3-15H2,1-2H3,(H,19,20). The highest BCUT2D eigenvalue weighted by atomic mass is 16.7. The predicted octanol–water partition coefficient (Wildman–Crippen LogP) is 3.91. The van der Waals surface area contributed by atoms with E-state index < -0.39 is 5.97 Å². The first kappa shape index (κ1) is 22.9. The molecule has 0 heterocycles. The number of esters is 1. The summed E-state index contributed by atoms with van der Waals surface area (Å²) in [7, 11) is 0. The Bertz CT molecular complexity index is 313. The Balaban J connectivity index is 3.41. The van der Waals surface area contributed by atoms with Crippen LogP contribution in [0.3, 0.4) is 0 Å². The molecule has 0 aromatic rings. The molecule has 6 nitrogen and oxygen atoms in total. The fourth-order valence-electron chi connectivity index (χ4n) is 2.33. The van der Waals surface area contributed by atoms with E-state index in [9.17, 15) is 9.59 Å². The average Bonchev–Trinajstić information content (AvgIpc) is 2.53. The predicted molar refractivity (Wildman–Crippen MR) is 91.8 cm³/mol. The fraction of sp³-hybridized carbons (Fsp3) is 0.889. The van der Waals surface area contributed by atoms with Crippen LogP contribution in [0.2, 0.25) is 0 Å². The van der Waals surface area contributed by atoms with Gasteiger partial charge in [0.2, 0.25) is 0 Å². The van der Waals surface area contributed by atoms with Crippen LogP contribution in [0.25, 0.3) is 0 Å².